The smallest absolute Gasteiger partial charge is 0.314 e. The van der Waals surface area contributed by atoms with Crippen LogP contribution in [0.5, 0.6) is 0 Å². The number of nitrogens with one attached hydrogen (secondary N) is 1. The molecule has 1 N–H and O–H groups in total. The molecule has 0 amide bonds. The summed E-state index contributed by atoms with van der Waals surface area (Å²) in [4.78, 5) is 0. The summed E-state index contributed by atoms with van der Waals surface area (Å²) in [5, 5.41) is 3.38. The fourth-order valence-electron chi connectivity index (χ4n) is 2.11. The SMILES string of the molecule is CCC(C)(CNC(C)C)Cc1cccc(C(F)(F)F)c1. The summed E-state index contributed by atoms with van der Waals surface area (Å²) in [7, 11) is 0. The van der Waals surface area contributed by atoms with Gasteiger partial charge in [-0.25, -0.2) is 0 Å². The van der Waals surface area contributed by atoms with Gasteiger partial charge in [0.25, 0.3) is 0 Å². The Balaban J connectivity index is 2.84. The molecule has 0 heterocycles. The van der Waals surface area contributed by atoms with Crippen molar-refractivity contribution in [3.8, 4) is 0 Å². The Morgan fingerprint density at radius 1 is 1.20 bits per heavy atom. The van der Waals surface area contributed by atoms with Crippen molar-refractivity contribution in [2.24, 2.45) is 5.41 Å². The summed E-state index contributed by atoms with van der Waals surface area (Å²) in [5.74, 6) is 0. The monoisotopic (exact) mass is 287 g/mol. The van der Waals surface area contributed by atoms with E-state index in [9.17, 15) is 13.2 Å². The van der Waals surface area contributed by atoms with Gasteiger partial charge in [-0.15, -0.1) is 0 Å². The van der Waals surface area contributed by atoms with Crippen molar-refractivity contribution in [3.63, 3.8) is 0 Å². The fraction of sp³-hybridized carbons (Fsp3) is 0.625. The predicted molar refractivity (Wildman–Crippen MR) is 76.7 cm³/mol. The Morgan fingerprint density at radius 2 is 1.85 bits per heavy atom. The van der Waals surface area contributed by atoms with Gasteiger partial charge in [0, 0.05) is 12.6 Å². The van der Waals surface area contributed by atoms with E-state index in [4.69, 9.17) is 0 Å². The Kier molecular flexibility index (Phi) is 5.63. The van der Waals surface area contributed by atoms with Crippen molar-refractivity contribution in [2.75, 3.05) is 6.54 Å². The summed E-state index contributed by atoms with van der Waals surface area (Å²) in [6, 6.07) is 6.04. The lowest BCUT2D eigenvalue weighted by molar-refractivity contribution is -0.137. The summed E-state index contributed by atoms with van der Waals surface area (Å²) in [6.45, 7) is 9.14. The van der Waals surface area contributed by atoms with E-state index >= 15 is 0 Å². The summed E-state index contributed by atoms with van der Waals surface area (Å²) in [6.07, 6.45) is -2.70. The highest BCUT2D eigenvalue weighted by Gasteiger charge is 2.31. The standard InChI is InChI=1S/C16H24F3N/c1-5-15(4,11-20-12(2)3)10-13-7-6-8-14(9-13)16(17,18)19/h6-9,12,20H,5,10-11H2,1-4H3. The van der Waals surface area contributed by atoms with Crippen molar-refractivity contribution < 1.29 is 13.2 Å². The van der Waals surface area contributed by atoms with Crippen molar-refractivity contribution in [1.82, 2.24) is 5.32 Å². The maximum Gasteiger partial charge on any atom is 0.416 e. The average Bonchev–Trinajstić information content (AvgIpc) is 2.36. The zero-order valence-corrected chi connectivity index (χ0v) is 12.6. The predicted octanol–water partition coefficient (Wildman–Crippen LogP) is 4.66. The molecular formula is C16H24F3N. The summed E-state index contributed by atoms with van der Waals surface area (Å²) in [5.41, 5.74) is 0.147. The molecule has 0 spiro atoms. The molecule has 1 aromatic carbocycles. The van der Waals surface area contributed by atoms with Crippen molar-refractivity contribution in [1.29, 1.82) is 0 Å². The second-order valence-corrected chi connectivity index (χ2v) is 6.07. The van der Waals surface area contributed by atoms with Gasteiger partial charge in [-0.05, 0) is 29.9 Å². The minimum atomic E-state index is -4.27. The highest BCUT2D eigenvalue weighted by Crippen LogP contribution is 2.32. The van der Waals surface area contributed by atoms with Crippen LogP contribution in [0.4, 0.5) is 13.2 Å². The molecule has 4 heteroatoms. The summed E-state index contributed by atoms with van der Waals surface area (Å²) >= 11 is 0. The number of hydrogen-bond acceptors (Lipinski definition) is 1. The van der Waals surface area contributed by atoms with E-state index in [1.807, 2.05) is 0 Å². The van der Waals surface area contributed by atoms with E-state index < -0.39 is 11.7 Å². The Labute approximate surface area is 119 Å². The molecule has 0 aromatic heterocycles. The molecule has 1 rings (SSSR count). The third kappa shape index (κ3) is 5.16. The normalized spacial score (nSPS) is 15.4. The molecule has 1 atom stereocenters. The molecule has 0 bridgehead atoms. The van der Waals surface area contributed by atoms with E-state index in [0.29, 0.717) is 12.5 Å². The zero-order chi connectivity index (χ0) is 15.4. The molecule has 0 saturated carbocycles. The van der Waals surface area contributed by atoms with Gasteiger partial charge in [0.05, 0.1) is 5.56 Å². The molecule has 0 aliphatic carbocycles. The number of halogens is 3. The maximum absolute atomic E-state index is 12.7. The number of rotatable bonds is 6. The molecule has 20 heavy (non-hydrogen) atoms. The van der Waals surface area contributed by atoms with Crippen LogP contribution in [0.25, 0.3) is 0 Å². The van der Waals surface area contributed by atoms with E-state index in [1.54, 1.807) is 6.07 Å². The van der Waals surface area contributed by atoms with Crippen LogP contribution in [0.15, 0.2) is 24.3 Å². The van der Waals surface area contributed by atoms with Crippen LogP contribution in [0.1, 0.15) is 45.2 Å². The lowest BCUT2D eigenvalue weighted by atomic mass is 9.80. The molecule has 1 aromatic rings. The zero-order valence-electron chi connectivity index (χ0n) is 12.6. The molecule has 1 nitrogen and oxygen atoms in total. The lowest BCUT2D eigenvalue weighted by Gasteiger charge is -2.30. The van der Waals surface area contributed by atoms with Gasteiger partial charge in [0.1, 0.15) is 0 Å². The van der Waals surface area contributed by atoms with Gasteiger partial charge in [0.2, 0.25) is 0 Å². The molecule has 1 unspecified atom stereocenters. The van der Waals surface area contributed by atoms with E-state index in [-0.39, 0.29) is 5.41 Å². The highest BCUT2D eigenvalue weighted by atomic mass is 19.4. The van der Waals surface area contributed by atoms with Gasteiger partial charge in [-0.1, -0.05) is 45.9 Å². The number of hydrogen-bond donors (Lipinski definition) is 1. The van der Waals surface area contributed by atoms with Crippen molar-refractivity contribution in [2.45, 2.75) is 52.8 Å². The van der Waals surface area contributed by atoms with Crippen LogP contribution in [-0.4, -0.2) is 12.6 Å². The fourth-order valence-corrected chi connectivity index (χ4v) is 2.11. The second kappa shape index (κ2) is 6.61. The number of alkyl halides is 3. The number of benzene rings is 1. The summed E-state index contributed by atoms with van der Waals surface area (Å²) < 4.78 is 38.2. The van der Waals surface area contributed by atoms with Gasteiger partial charge in [0.15, 0.2) is 0 Å². The molecule has 0 aliphatic heterocycles. The largest absolute Gasteiger partial charge is 0.416 e. The van der Waals surface area contributed by atoms with Crippen LogP contribution in [-0.2, 0) is 12.6 Å². The lowest BCUT2D eigenvalue weighted by Crippen LogP contribution is -2.36. The van der Waals surface area contributed by atoms with Gasteiger partial charge in [-0.3, -0.25) is 0 Å². The molecule has 0 saturated heterocycles. The Bertz CT molecular complexity index is 426. The first-order chi connectivity index (χ1) is 9.16. The first-order valence-corrected chi connectivity index (χ1v) is 7.06. The average molecular weight is 287 g/mol. The molecule has 0 fully saturated rings. The van der Waals surface area contributed by atoms with Gasteiger partial charge in [-0.2, -0.15) is 13.2 Å². The van der Waals surface area contributed by atoms with Crippen LogP contribution < -0.4 is 5.32 Å². The van der Waals surface area contributed by atoms with Gasteiger partial charge >= 0.3 is 6.18 Å². The van der Waals surface area contributed by atoms with E-state index in [1.165, 1.54) is 12.1 Å². The third-order valence-corrected chi connectivity index (χ3v) is 3.68. The molecule has 114 valence electrons. The first kappa shape index (κ1) is 17.0. The van der Waals surface area contributed by atoms with Crippen LogP contribution >= 0.6 is 0 Å². The van der Waals surface area contributed by atoms with E-state index in [0.717, 1.165) is 24.6 Å². The van der Waals surface area contributed by atoms with Gasteiger partial charge < -0.3 is 5.32 Å². The molecule has 0 aliphatic rings. The van der Waals surface area contributed by atoms with Crippen LogP contribution in [0.2, 0.25) is 0 Å². The molecular weight excluding hydrogens is 263 g/mol. The van der Waals surface area contributed by atoms with Crippen molar-refractivity contribution in [3.05, 3.63) is 35.4 Å². The third-order valence-electron chi connectivity index (χ3n) is 3.68. The first-order valence-electron chi connectivity index (χ1n) is 7.06. The molecule has 0 radical (unpaired) electrons. The second-order valence-electron chi connectivity index (χ2n) is 6.07. The van der Waals surface area contributed by atoms with E-state index in [2.05, 4.69) is 33.0 Å². The maximum atomic E-state index is 12.7. The minimum absolute atomic E-state index is 0.0332. The minimum Gasteiger partial charge on any atom is -0.314 e. The van der Waals surface area contributed by atoms with Crippen LogP contribution in [0.3, 0.4) is 0 Å². The Hall–Kier alpha value is -1.03. The topological polar surface area (TPSA) is 12.0 Å². The quantitative estimate of drug-likeness (QED) is 0.802. The Morgan fingerprint density at radius 3 is 2.35 bits per heavy atom. The highest BCUT2D eigenvalue weighted by molar-refractivity contribution is 5.26. The van der Waals surface area contributed by atoms with Crippen molar-refractivity contribution >= 4 is 0 Å². The van der Waals surface area contributed by atoms with Crippen LogP contribution in [0, 0.1) is 5.41 Å².